The van der Waals surface area contributed by atoms with Crippen LogP contribution in [-0.2, 0) is 28.5 Å². The number of nitrogens with one attached hydrogen (secondary N) is 3. The summed E-state index contributed by atoms with van der Waals surface area (Å²) in [7, 11) is 0. The fourth-order valence-corrected chi connectivity index (χ4v) is 4.95. The molecule has 0 atom stereocenters. The molecular weight excluding hydrogens is 578 g/mol. The number of aliphatic hydroxyl groups excluding tert-OH is 1. The molecule has 0 unspecified atom stereocenters. The Bertz CT molecular complexity index is 1220. The average Bonchev–Trinajstić information content (AvgIpc) is 3.25. The smallest absolute Gasteiger partial charge is 0.407 e. The molecule has 3 rings (SSSR count). The highest BCUT2D eigenvalue weighted by molar-refractivity contribution is 5.94. The first kappa shape index (κ1) is 36.0. The summed E-state index contributed by atoms with van der Waals surface area (Å²) in [5.41, 5.74) is 4.49. The van der Waals surface area contributed by atoms with Gasteiger partial charge in [0.15, 0.2) is 0 Å². The van der Waals surface area contributed by atoms with Crippen molar-refractivity contribution in [3.8, 4) is 11.1 Å². The van der Waals surface area contributed by atoms with Crippen molar-refractivity contribution in [3.63, 3.8) is 0 Å². The Kier molecular flexibility index (Phi) is 13.8. The van der Waals surface area contributed by atoms with E-state index in [1.165, 1.54) is 0 Å². The maximum absolute atomic E-state index is 12.6. The van der Waals surface area contributed by atoms with Gasteiger partial charge in [0.2, 0.25) is 11.8 Å². The number of anilines is 2. The normalized spacial score (nSPS) is 12.6. The number of ether oxygens (including phenoxy) is 4. The maximum Gasteiger partial charge on any atom is 0.407 e. The average molecular weight is 628 g/mol. The van der Waals surface area contributed by atoms with E-state index >= 15 is 0 Å². The molecule has 3 amide bonds. The van der Waals surface area contributed by atoms with Crippen LogP contribution in [0.3, 0.4) is 0 Å². The van der Waals surface area contributed by atoms with Crippen LogP contribution < -0.4 is 16.0 Å². The van der Waals surface area contributed by atoms with Gasteiger partial charge in [0.05, 0.1) is 50.5 Å². The summed E-state index contributed by atoms with van der Waals surface area (Å²) in [5.74, 6) is -0.647. The van der Waals surface area contributed by atoms with Gasteiger partial charge < -0.3 is 40.0 Å². The predicted molar refractivity (Wildman–Crippen MR) is 173 cm³/mol. The van der Waals surface area contributed by atoms with Crippen LogP contribution in [0.1, 0.15) is 77.8 Å². The van der Waals surface area contributed by atoms with Gasteiger partial charge in [0.1, 0.15) is 6.61 Å². The van der Waals surface area contributed by atoms with Crippen molar-refractivity contribution in [1.29, 1.82) is 0 Å². The van der Waals surface area contributed by atoms with Crippen molar-refractivity contribution >= 4 is 29.3 Å². The Hall–Kier alpha value is -3.51. The van der Waals surface area contributed by atoms with Gasteiger partial charge in [-0.1, -0.05) is 12.1 Å². The highest BCUT2D eigenvalue weighted by Crippen LogP contribution is 2.46. The summed E-state index contributed by atoms with van der Waals surface area (Å²) < 4.78 is 22.4. The number of rotatable bonds is 18. The Morgan fingerprint density at radius 2 is 1.33 bits per heavy atom. The van der Waals surface area contributed by atoms with Crippen LogP contribution in [0.4, 0.5) is 16.2 Å². The molecule has 4 N–H and O–H groups in total. The lowest BCUT2D eigenvalue weighted by atomic mass is 9.97. The number of fused-ring (bicyclic) bond motifs is 3. The van der Waals surface area contributed by atoms with E-state index in [9.17, 15) is 14.4 Å². The van der Waals surface area contributed by atoms with Crippen LogP contribution in [-0.4, -0.2) is 80.4 Å². The minimum Gasteiger partial charge on any atom is -0.449 e. The first-order valence-electron chi connectivity index (χ1n) is 15.6. The summed E-state index contributed by atoms with van der Waals surface area (Å²) in [6, 6.07) is 11.4. The molecular formula is C34H49N3O8. The zero-order valence-corrected chi connectivity index (χ0v) is 27.4. The molecule has 2 aromatic rings. The second-order valence-corrected chi connectivity index (χ2v) is 12.2. The van der Waals surface area contributed by atoms with Gasteiger partial charge in [-0.25, -0.2) is 4.79 Å². The largest absolute Gasteiger partial charge is 0.449 e. The molecule has 0 spiro atoms. The third-order valence-electron chi connectivity index (χ3n) is 7.23. The molecule has 248 valence electrons. The standard InChI is InChI=1S/C34H49N3O8/c1-22(2)42-16-11-31(39)36-24-7-9-26-27-10-8-25(37-32(40)12-17-43-23(3)4)20-29(27)30(28(26)19-24)21-44-33(41)35-14-18-45-34(5,6)13-15-38/h7-10,19-20,22-23,30,38H,11-18,21H2,1-6H3,(H,35,41)(H,36,39)(H,37,40). The van der Waals surface area contributed by atoms with E-state index in [1.807, 2.05) is 77.9 Å². The van der Waals surface area contributed by atoms with Crippen molar-refractivity contribution in [2.75, 3.05) is 50.2 Å². The number of hydrogen-bond acceptors (Lipinski definition) is 8. The summed E-state index contributed by atoms with van der Waals surface area (Å²) in [6.07, 6.45) is 0.451. The third kappa shape index (κ3) is 11.7. The Balaban J connectivity index is 1.73. The number of hydrogen-bond donors (Lipinski definition) is 4. The lowest BCUT2D eigenvalue weighted by molar-refractivity contribution is -0.118. The second kappa shape index (κ2) is 17.3. The molecule has 0 saturated heterocycles. The van der Waals surface area contributed by atoms with Crippen molar-refractivity contribution in [2.45, 2.75) is 84.5 Å². The van der Waals surface area contributed by atoms with Crippen molar-refractivity contribution in [1.82, 2.24) is 5.32 Å². The minimum absolute atomic E-state index is 0.0166. The number of carbonyl (C=O) groups is 3. The number of aliphatic hydroxyl groups is 1. The molecule has 0 aromatic heterocycles. The Morgan fingerprint density at radius 1 is 0.822 bits per heavy atom. The first-order chi connectivity index (χ1) is 21.4. The lowest BCUT2D eigenvalue weighted by Crippen LogP contribution is -2.33. The Labute approximate surface area is 266 Å². The lowest BCUT2D eigenvalue weighted by Gasteiger charge is -2.24. The van der Waals surface area contributed by atoms with Gasteiger partial charge in [0, 0.05) is 30.4 Å². The second-order valence-electron chi connectivity index (χ2n) is 12.2. The molecule has 0 fully saturated rings. The van der Waals surface area contributed by atoms with Crippen LogP contribution >= 0.6 is 0 Å². The van der Waals surface area contributed by atoms with E-state index in [2.05, 4.69) is 16.0 Å². The van der Waals surface area contributed by atoms with Crippen molar-refractivity contribution in [3.05, 3.63) is 47.5 Å². The summed E-state index contributed by atoms with van der Waals surface area (Å²) in [4.78, 5) is 37.7. The van der Waals surface area contributed by atoms with Crippen LogP contribution in [0.25, 0.3) is 11.1 Å². The molecule has 0 aliphatic heterocycles. The number of alkyl carbamates (subject to hydrolysis) is 1. The summed E-state index contributed by atoms with van der Waals surface area (Å²) >= 11 is 0. The van der Waals surface area contributed by atoms with E-state index in [4.69, 9.17) is 24.1 Å². The molecule has 45 heavy (non-hydrogen) atoms. The molecule has 0 saturated carbocycles. The predicted octanol–water partition coefficient (Wildman–Crippen LogP) is 5.21. The minimum atomic E-state index is -0.585. The number of amides is 3. The van der Waals surface area contributed by atoms with Gasteiger partial charge in [-0.05, 0) is 94.5 Å². The van der Waals surface area contributed by atoms with Gasteiger partial charge in [-0.2, -0.15) is 0 Å². The van der Waals surface area contributed by atoms with E-state index in [-0.39, 0.29) is 69.1 Å². The van der Waals surface area contributed by atoms with Crippen LogP contribution in [0.5, 0.6) is 0 Å². The molecule has 1 aliphatic carbocycles. The Morgan fingerprint density at radius 3 is 1.80 bits per heavy atom. The zero-order valence-electron chi connectivity index (χ0n) is 27.4. The van der Waals surface area contributed by atoms with E-state index < -0.39 is 11.7 Å². The molecule has 0 radical (unpaired) electrons. The van der Waals surface area contributed by atoms with Gasteiger partial charge >= 0.3 is 6.09 Å². The van der Waals surface area contributed by atoms with Crippen molar-refractivity contribution < 1.29 is 38.4 Å². The van der Waals surface area contributed by atoms with E-state index in [1.54, 1.807) is 0 Å². The SMILES string of the molecule is CC(C)OCCC(=O)Nc1ccc2c(c1)C(COC(=O)NCCOC(C)(C)CCO)c1cc(NC(=O)CCOC(C)C)ccc1-2. The molecule has 1 aliphatic rings. The molecule has 11 nitrogen and oxygen atoms in total. The summed E-state index contributed by atoms with van der Waals surface area (Å²) in [5, 5.41) is 17.8. The third-order valence-corrected chi connectivity index (χ3v) is 7.23. The fraction of sp³-hybridized carbons (Fsp3) is 0.559. The van der Waals surface area contributed by atoms with Crippen LogP contribution in [0, 0.1) is 0 Å². The van der Waals surface area contributed by atoms with Gasteiger partial charge in [0.25, 0.3) is 0 Å². The molecule has 2 aromatic carbocycles. The summed E-state index contributed by atoms with van der Waals surface area (Å²) in [6.45, 7) is 12.7. The highest BCUT2D eigenvalue weighted by Gasteiger charge is 2.31. The monoisotopic (exact) mass is 627 g/mol. The van der Waals surface area contributed by atoms with Crippen LogP contribution in [0.2, 0.25) is 0 Å². The molecule has 11 heteroatoms. The number of benzene rings is 2. The zero-order chi connectivity index (χ0) is 33.0. The van der Waals surface area contributed by atoms with E-state index in [0.717, 1.165) is 22.3 Å². The van der Waals surface area contributed by atoms with E-state index in [0.29, 0.717) is 31.0 Å². The van der Waals surface area contributed by atoms with Gasteiger partial charge in [-0.3, -0.25) is 9.59 Å². The molecule has 0 heterocycles. The van der Waals surface area contributed by atoms with Crippen LogP contribution in [0.15, 0.2) is 36.4 Å². The first-order valence-corrected chi connectivity index (χ1v) is 15.6. The van der Waals surface area contributed by atoms with Crippen molar-refractivity contribution in [2.24, 2.45) is 0 Å². The fourth-order valence-electron chi connectivity index (χ4n) is 4.95. The quantitative estimate of drug-likeness (QED) is 0.165. The maximum atomic E-state index is 12.6. The topological polar surface area (TPSA) is 144 Å². The number of carbonyl (C=O) groups excluding carboxylic acids is 3. The molecule has 0 bridgehead atoms. The highest BCUT2D eigenvalue weighted by atomic mass is 16.5. The van der Waals surface area contributed by atoms with Gasteiger partial charge in [-0.15, -0.1) is 0 Å².